The third kappa shape index (κ3) is 2.36. The van der Waals surface area contributed by atoms with E-state index in [0.717, 1.165) is 0 Å². The summed E-state index contributed by atoms with van der Waals surface area (Å²) in [7, 11) is 0. The van der Waals surface area contributed by atoms with Gasteiger partial charge in [0.1, 0.15) is 11.6 Å². The van der Waals surface area contributed by atoms with Crippen molar-refractivity contribution in [2.75, 3.05) is 0 Å². The summed E-state index contributed by atoms with van der Waals surface area (Å²) < 4.78 is 13.5. The Labute approximate surface area is 112 Å². The van der Waals surface area contributed by atoms with Crippen LogP contribution in [0.3, 0.4) is 0 Å². The Morgan fingerprint density at radius 2 is 2.17 bits per heavy atom. The molecule has 2 rings (SSSR count). The molecule has 94 valence electrons. The van der Waals surface area contributed by atoms with Crippen LogP contribution in [0.15, 0.2) is 27.5 Å². The second kappa shape index (κ2) is 5.02. The van der Waals surface area contributed by atoms with Gasteiger partial charge in [0.05, 0.1) is 4.47 Å². The van der Waals surface area contributed by atoms with E-state index in [-0.39, 0.29) is 11.4 Å². The molecule has 0 bridgehead atoms. The fourth-order valence-corrected chi connectivity index (χ4v) is 2.19. The summed E-state index contributed by atoms with van der Waals surface area (Å²) in [6.45, 7) is 3.71. The molecular formula is C13H12BrFN2O. The number of hydrogen-bond acceptors (Lipinski definition) is 2. The second-order valence-electron chi connectivity index (χ2n) is 3.96. The van der Waals surface area contributed by atoms with Crippen LogP contribution in [0.5, 0.6) is 0 Å². The Morgan fingerprint density at radius 3 is 2.72 bits per heavy atom. The van der Waals surface area contributed by atoms with Crippen molar-refractivity contribution in [3.63, 3.8) is 0 Å². The van der Waals surface area contributed by atoms with Crippen LogP contribution in [0.1, 0.15) is 18.2 Å². The van der Waals surface area contributed by atoms with Gasteiger partial charge in [-0.1, -0.05) is 6.92 Å². The molecule has 1 N–H and O–H groups in total. The lowest BCUT2D eigenvalue weighted by Crippen LogP contribution is -2.16. The zero-order chi connectivity index (χ0) is 13.3. The number of aryl methyl sites for hydroxylation is 1. The Balaban J connectivity index is 2.58. The molecule has 2 aromatic rings. The van der Waals surface area contributed by atoms with Gasteiger partial charge < -0.3 is 4.98 Å². The van der Waals surface area contributed by atoms with Crippen molar-refractivity contribution >= 4 is 15.9 Å². The van der Waals surface area contributed by atoms with Gasteiger partial charge in [-0.05, 0) is 47.5 Å². The molecule has 18 heavy (non-hydrogen) atoms. The Kier molecular flexibility index (Phi) is 3.61. The number of hydrogen-bond donors (Lipinski definition) is 1. The SMILES string of the molecule is CCc1c(C)nc(-c2ccc(F)c(Br)c2)[nH]c1=O. The summed E-state index contributed by atoms with van der Waals surface area (Å²) in [5.41, 5.74) is 1.92. The van der Waals surface area contributed by atoms with E-state index in [1.54, 1.807) is 19.1 Å². The van der Waals surface area contributed by atoms with E-state index in [9.17, 15) is 9.18 Å². The van der Waals surface area contributed by atoms with Crippen LogP contribution < -0.4 is 5.56 Å². The fourth-order valence-electron chi connectivity index (χ4n) is 1.81. The Bertz CT molecular complexity index is 652. The van der Waals surface area contributed by atoms with Crippen LogP contribution >= 0.6 is 15.9 Å². The molecule has 3 nitrogen and oxygen atoms in total. The minimum Gasteiger partial charge on any atom is -0.306 e. The van der Waals surface area contributed by atoms with Gasteiger partial charge in [-0.2, -0.15) is 0 Å². The zero-order valence-electron chi connectivity index (χ0n) is 10.1. The molecule has 0 saturated carbocycles. The number of nitrogens with zero attached hydrogens (tertiary/aromatic N) is 1. The lowest BCUT2D eigenvalue weighted by atomic mass is 10.1. The van der Waals surface area contributed by atoms with Crippen molar-refractivity contribution in [1.29, 1.82) is 0 Å². The zero-order valence-corrected chi connectivity index (χ0v) is 11.6. The van der Waals surface area contributed by atoms with E-state index < -0.39 is 0 Å². The van der Waals surface area contributed by atoms with Gasteiger partial charge in [-0.3, -0.25) is 4.79 Å². The van der Waals surface area contributed by atoms with Crippen LogP contribution in [0.2, 0.25) is 0 Å². The van der Waals surface area contributed by atoms with Gasteiger partial charge in [0.2, 0.25) is 0 Å². The molecule has 0 spiro atoms. The Hall–Kier alpha value is -1.49. The van der Waals surface area contributed by atoms with Crippen LogP contribution in [-0.4, -0.2) is 9.97 Å². The smallest absolute Gasteiger partial charge is 0.254 e. The van der Waals surface area contributed by atoms with Crippen molar-refractivity contribution in [3.8, 4) is 11.4 Å². The summed E-state index contributed by atoms with van der Waals surface area (Å²) in [5.74, 6) is 0.110. The molecular weight excluding hydrogens is 299 g/mol. The summed E-state index contributed by atoms with van der Waals surface area (Å²) in [5, 5.41) is 0. The highest BCUT2D eigenvalue weighted by Gasteiger charge is 2.09. The van der Waals surface area contributed by atoms with E-state index in [2.05, 4.69) is 25.9 Å². The first-order valence-corrected chi connectivity index (χ1v) is 6.37. The second-order valence-corrected chi connectivity index (χ2v) is 4.82. The van der Waals surface area contributed by atoms with Gasteiger partial charge in [-0.15, -0.1) is 0 Å². The molecule has 0 aliphatic heterocycles. The number of benzene rings is 1. The van der Waals surface area contributed by atoms with E-state index in [1.807, 2.05) is 6.92 Å². The van der Waals surface area contributed by atoms with E-state index >= 15 is 0 Å². The molecule has 1 heterocycles. The lowest BCUT2D eigenvalue weighted by molar-refractivity contribution is 0.621. The number of aromatic nitrogens is 2. The predicted molar refractivity (Wildman–Crippen MR) is 72.1 cm³/mol. The van der Waals surface area contributed by atoms with Crippen LogP contribution in [0.25, 0.3) is 11.4 Å². The van der Waals surface area contributed by atoms with Crippen molar-refractivity contribution < 1.29 is 4.39 Å². The third-order valence-electron chi connectivity index (χ3n) is 2.77. The summed E-state index contributed by atoms with van der Waals surface area (Å²) in [6, 6.07) is 4.52. The average molecular weight is 311 g/mol. The number of nitrogens with one attached hydrogen (secondary N) is 1. The number of aromatic amines is 1. The van der Waals surface area contributed by atoms with Gasteiger partial charge in [0, 0.05) is 16.8 Å². The van der Waals surface area contributed by atoms with E-state index in [4.69, 9.17) is 0 Å². The summed E-state index contributed by atoms with van der Waals surface area (Å²) >= 11 is 3.11. The molecule has 0 unspecified atom stereocenters. The topological polar surface area (TPSA) is 45.8 Å². The average Bonchev–Trinajstić information content (AvgIpc) is 2.32. The molecule has 0 amide bonds. The quantitative estimate of drug-likeness (QED) is 0.925. The van der Waals surface area contributed by atoms with Gasteiger partial charge >= 0.3 is 0 Å². The van der Waals surface area contributed by atoms with Crippen molar-refractivity contribution in [2.24, 2.45) is 0 Å². The van der Waals surface area contributed by atoms with Crippen LogP contribution in [-0.2, 0) is 6.42 Å². The molecule has 5 heteroatoms. The molecule has 0 atom stereocenters. The molecule has 1 aromatic heterocycles. The highest BCUT2D eigenvalue weighted by Crippen LogP contribution is 2.22. The number of halogens is 2. The first kappa shape index (κ1) is 13.0. The van der Waals surface area contributed by atoms with Gasteiger partial charge in [0.15, 0.2) is 0 Å². The molecule has 0 fully saturated rings. The maximum Gasteiger partial charge on any atom is 0.254 e. The number of rotatable bonds is 2. The van der Waals surface area contributed by atoms with Gasteiger partial charge in [0.25, 0.3) is 5.56 Å². The highest BCUT2D eigenvalue weighted by molar-refractivity contribution is 9.10. The summed E-state index contributed by atoms with van der Waals surface area (Å²) in [4.78, 5) is 18.9. The van der Waals surface area contributed by atoms with Crippen LogP contribution in [0, 0.1) is 12.7 Å². The minimum absolute atomic E-state index is 0.138. The van der Waals surface area contributed by atoms with Crippen LogP contribution in [0.4, 0.5) is 4.39 Å². The maximum absolute atomic E-state index is 13.2. The normalized spacial score (nSPS) is 10.7. The predicted octanol–water partition coefficient (Wildman–Crippen LogP) is 3.21. The monoisotopic (exact) mass is 310 g/mol. The molecule has 0 aliphatic carbocycles. The maximum atomic E-state index is 13.2. The summed E-state index contributed by atoms with van der Waals surface area (Å²) in [6.07, 6.45) is 0.640. The highest BCUT2D eigenvalue weighted by atomic mass is 79.9. The lowest BCUT2D eigenvalue weighted by Gasteiger charge is -2.06. The molecule has 0 saturated heterocycles. The molecule has 0 aliphatic rings. The molecule has 1 aromatic carbocycles. The fraction of sp³-hybridized carbons (Fsp3) is 0.231. The Morgan fingerprint density at radius 1 is 1.44 bits per heavy atom. The standard InChI is InChI=1S/C13H12BrFN2O/c1-3-9-7(2)16-12(17-13(9)18)8-4-5-11(15)10(14)6-8/h4-6H,3H2,1-2H3,(H,16,17,18). The van der Waals surface area contributed by atoms with E-state index in [0.29, 0.717) is 33.5 Å². The van der Waals surface area contributed by atoms with Gasteiger partial charge in [-0.25, -0.2) is 9.37 Å². The third-order valence-corrected chi connectivity index (χ3v) is 3.38. The molecule has 0 radical (unpaired) electrons. The first-order valence-electron chi connectivity index (χ1n) is 5.58. The first-order chi connectivity index (χ1) is 8.52. The minimum atomic E-state index is -0.344. The van der Waals surface area contributed by atoms with E-state index in [1.165, 1.54) is 6.07 Å². The number of H-pyrrole nitrogens is 1. The largest absolute Gasteiger partial charge is 0.306 e. The van der Waals surface area contributed by atoms with Crippen molar-refractivity contribution in [1.82, 2.24) is 9.97 Å². The van der Waals surface area contributed by atoms with Crippen molar-refractivity contribution in [2.45, 2.75) is 20.3 Å². The van der Waals surface area contributed by atoms with Crippen molar-refractivity contribution in [3.05, 3.63) is 50.1 Å².